The van der Waals surface area contributed by atoms with E-state index in [2.05, 4.69) is 10.3 Å². The van der Waals surface area contributed by atoms with Gasteiger partial charge in [-0.25, -0.2) is 4.68 Å². The molecule has 1 aromatic heterocycles. The molecule has 0 spiro atoms. The van der Waals surface area contributed by atoms with Crippen LogP contribution in [0.1, 0.15) is 24.2 Å². The molecule has 2 aromatic carbocycles. The molecule has 0 fully saturated rings. The first-order chi connectivity index (χ1) is 10.7. The van der Waals surface area contributed by atoms with E-state index in [-0.39, 0.29) is 11.7 Å². The van der Waals surface area contributed by atoms with Crippen LogP contribution in [0.3, 0.4) is 0 Å². The molecule has 0 unspecified atom stereocenters. The lowest BCUT2D eigenvalue weighted by atomic mass is 10.0. The van der Waals surface area contributed by atoms with Crippen LogP contribution in [0, 0.1) is 5.92 Å². The number of fused-ring (bicyclic) bond motifs is 1. The Hall–Kier alpha value is -2.75. The van der Waals surface area contributed by atoms with Gasteiger partial charge in [0.1, 0.15) is 11.2 Å². The summed E-state index contributed by atoms with van der Waals surface area (Å²) in [5.74, 6) is 0.176. The van der Waals surface area contributed by atoms with E-state index in [9.17, 15) is 4.79 Å². The Balaban J connectivity index is 2.14. The quantitative estimate of drug-likeness (QED) is 0.542. The molecule has 0 atom stereocenters. The number of carbonyl (C=O) groups is 1. The van der Waals surface area contributed by atoms with Crippen molar-refractivity contribution in [2.45, 2.75) is 13.8 Å². The van der Waals surface area contributed by atoms with E-state index >= 15 is 0 Å². The maximum atomic E-state index is 12.9. The fourth-order valence-corrected chi connectivity index (χ4v) is 2.34. The topological polar surface area (TPSA) is 47.8 Å². The Morgan fingerprint density at radius 1 is 1.05 bits per heavy atom. The molecule has 110 valence electrons. The average molecular weight is 291 g/mol. The molecule has 0 aliphatic heterocycles. The standard InChI is InChI=1S/C18H17N3O/c1-13(2)12-17(18(22)14-8-4-3-5-9-14)21-16-11-7-6-10-15(16)19-20-21/h3-13H,1-2H3. The predicted molar refractivity (Wildman–Crippen MR) is 87.4 cm³/mol. The summed E-state index contributed by atoms with van der Waals surface area (Å²) in [4.78, 5) is 12.9. The van der Waals surface area contributed by atoms with Crippen molar-refractivity contribution in [3.05, 3.63) is 66.2 Å². The molecule has 0 saturated heterocycles. The number of rotatable bonds is 4. The van der Waals surface area contributed by atoms with Crippen LogP contribution in [0.5, 0.6) is 0 Å². The third-order valence-corrected chi connectivity index (χ3v) is 3.34. The van der Waals surface area contributed by atoms with E-state index in [0.29, 0.717) is 11.3 Å². The summed E-state index contributed by atoms with van der Waals surface area (Å²) in [6.07, 6.45) is 1.93. The van der Waals surface area contributed by atoms with E-state index in [1.165, 1.54) is 0 Å². The molecule has 1 heterocycles. The Bertz CT molecular complexity index is 832. The maximum Gasteiger partial charge on any atom is 0.211 e. The zero-order valence-electron chi connectivity index (χ0n) is 12.6. The fourth-order valence-electron chi connectivity index (χ4n) is 2.34. The summed E-state index contributed by atoms with van der Waals surface area (Å²) in [6.45, 7) is 4.08. The number of carbonyl (C=O) groups excluding carboxylic acids is 1. The Morgan fingerprint density at radius 3 is 2.45 bits per heavy atom. The lowest BCUT2D eigenvalue weighted by molar-refractivity contribution is 0.104. The molecule has 22 heavy (non-hydrogen) atoms. The van der Waals surface area contributed by atoms with E-state index in [0.717, 1.165) is 11.0 Å². The smallest absolute Gasteiger partial charge is 0.211 e. The molecule has 4 nitrogen and oxygen atoms in total. The summed E-state index contributed by atoms with van der Waals surface area (Å²) < 4.78 is 1.63. The largest absolute Gasteiger partial charge is 0.287 e. The van der Waals surface area contributed by atoms with E-state index in [4.69, 9.17) is 0 Å². The van der Waals surface area contributed by atoms with Gasteiger partial charge in [0.2, 0.25) is 5.78 Å². The Labute approximate surface area is 129 Å². The number of aromatic nitrogens is 3. The van der Waals surface area contributed by atoms with E-state index < -0.39 is 0 Å². The van der Waals surface area contributed by atoms with Gasteiger partial charge in [-0.05, 0) is 18.1 Å². The van der Waals surface area contributed by atoms with Crippen LogP contribution in [-0.2, 0) is 0 Å². The summed E-state index contributed by atoms with van der Waals surface area (Å²) in [5.41, 5.74) is 2.79. The SMILES string of the molecule is CC(C)C=C(C(=O)c1ccccc1)n1nnc2ccccc21. The second-order valence-corrected chi connectivity index (χ2v) is 5.48. The molecule has 3 rings (SSSR count). The highest BCUT2D eigenvalue weighted by molar-refractivity contribution is 6.25. The summed E-state index contributed by atoms with van der Waals surface area (Å²) >= 11 is 0. The molecular weight excluding hydrogens is 274 g/mol. The highest BCUT2D eigenvalue weighted by Gasteiger charge is 2.18. The summed E-state index contributed by atoms with van der Waals surface area (Å²) in [7, 11) is 0. The normalized spacial score (nSPS) is 12.0. The Morgan fingerprint density at radius 2 is 1.73 bits per heavy atom. The van der Waals surface area contributed by atoms with Crippen molar-refractivity contribution in [3.8, 4) is 0 Å². The number of para-hydroxylation sites is 1. The second-order valence-electron chi connectivity index (χ2n) is 5.48. The van der Waals surface area contributed by atoms with Crippen molar-refractivity contribution in [2.24, 2.45) is 5.92 Å². The summed E-state index contributed by atoms with van der Waals surface area (Å²) in [6, 6.07) is 16.9. The van der Waals surface area contributed by atoms with Crippen LogP contribution in [-0.4, -0.2) is 20.8 Å². The highest BCUT2D eigenvalue weighted by atomic mass is 16.1. The van der Waals surface area contributed by atoms with Crippen LogP contribution < -0.4 is 0 Å². The van der Waals surface area contributed by atoms with Crippen LogP contribution in [0.2, 0.25) is 0 Å². The number of hydrogen-bond acceptors (Lipinski definition) is 3. The minimum absolute atomic E-state index is 0.0510. The molecular formula is C18H17N3O. The van der Waals surface area contributed by atoms with Crippen molar-refractivity contribution >= 4 is 22.5 Å². The third kappa shape index (κ3) is 2.68. The van der Waals surface area contributed by atoms with Crippen LogP contribution in [0.25, 0.3) is 16.7 Å². The van der Waals surface area contributed by atoms with E-state index in [1.54, 1.807) is 4.68 Å². The second kappa shape index (κ2) is 5.93. The number of Topliss-reactive ketones (excluding diaryl/α,β-unsaturated/α-hetero) is 1. The first kappa shape index (κ1) is 14.2. The monoisotopic (exact) mass is 291 g/mol. The molecule has 0 saturated carbocycles. The highest BCUT2D eigenvalue weighted by Crippen LogP contribution is 2.20. The maximum absolute atomic E-state index is 12.9. The number of benzene rings is 2. The van der Waals surface area contributed by atoms with Crippen LogP contribution in [0.15, 0.2) is 60.7 Å². The Kier molecular flexibility index (Phi) is 3.83. The van der Waals surface area contributed by atoms with E-state index in [1.807, 2.05) is 74.5 Å². The minimum atomic E-state index is -0.0510. The molecule has 0 N–H and O–H groups in total. The third-order valence-electron chi connectivity index (χ3n) is 3.34. The first-order valence-corrected chi connectivity index (χ1v) is 7.29. The van der Waals surface area contributed by atoms with Gasteiger partial charge in [0.05, 0.1) is 5.52 Å². The molecule has 0 aliphatic carbocycles. The van der Waals surface area contributed by atoms with Crippen molar-refractivity contribution in [1.29, 1.82) is 0 Å². The van der Waals surface area contributed by atoms with Gasteiger partial charge in [0.25, 0.3) is 0 Å². The van der Waals surface area contributed by atoms with Crippen LogP contribution in [0.4, 0.5) is 0 Å². The molecule has 0 bridgehead atoms. The zero-order valence-corrected chi connectivity index (χ0v) is 12.6. The minimum Gasteiger partial charge on any atom is -0.287 e. The fraction of sp³-hybridized carbons (Fsp3) is 0.167. The van der Waals surface area contributed by atoms with Crippen molar-refractivity contribution in [2.75, 3.05) is 0 Å². The van der Waals surface area contributed by atoms with Gasteiger partial charge in [-0.15, -0.1) is 5.10 Å². The molecule has 0 amide bonds. The number of ketones is 1. The number of nitrogens with zero attached hydrogens (tertiary/aromatic N) is 3. The van der Waals surface area contributed by atoms with Crippen LogP contribution >= 0.6 is 0 Å². The van der Waals surface area contributed by atoms with Gasteiger partial charge < -0.3 is 0 Å². The molecule has 4 heteroatoms. The zero-order chi connectivity index (χ0) is 15.5. The molecule has 0 radical (unpaired) electrons. The first-order valence-electron chi connectivity index (χ1n) is 7.29. The van der Waals surface area contributed by atoms with Crippen molar-refractivity contribution < 1.29 is 4.79 Å². The lowest BCUT2D eigenvalue weighted by Gasteiger charge is -2.09. The summed E-state index contributed by atoms with van der Waals surface area (Å²) in [5, 5.41) is 8.32. The lowest BCUT2D eigenvalue weighted by Crippen LogP contribution is -2.12. The van der Waals surface area contributed by atoms with Gasteiger partial charge in [-0.1, -0.05) is 67.6 Å². The van der Waals surface area contributed by atoms with Gasteiger partial charge in [0.15, 0.2) is 0 Å². The molecule has 3 aromatic rings. The predicted octanol–water partition coefficient (Wildman–Crippen LogP) is 3.81. The van der Waals surface area contributed by atoms with Gasteiger partial charge in [-0.3, -0.25) is 4.79 Å². The molecule has 0 aliphatic rings. The van der Waals surface area contributed by atoms with Gasteiger partial charge in [0, 0.05) is 5.56 Å². The van der Waals surface area contributed by atoms with Crippen molar-refractivity contribution in [3.63, 3.8) is 0 Å². The van der Waals surface area contributed by atoms with Gasteiger partial charge >= 0.3 is 0 Å². The van der Waals surface area contributed by atoms with Gasteiger partial charge in [-0.2, -0.15) is 0 Å². The number of allylic oxidation sites excluding steroid dienone is 2. The average Bonchev–Trinajstić information content (AvgIpc) is 2.96. The van der Waals surface area contributed by atoms with Crippen molar-refractivity contribution in [1.82, 2.24) is 15.0 Å². The number of hydrogen-bond donors (Lipinski definition) is 0.